The predicted octanol–water partition coefficient (Wildman–Crippen LogP) is 2.42. The summed E-state index contributed by atoms with van der Waals surface area (Å²) < 4.78 is 6.55. The zero-order chi connectivity index (χ0) is 14.9. The maximum atomic E-state index is 12.3. The van der Waals surface area contributed by atoms with Gasteiger partial charge in [0, 0.05) is 13.1 Å². The van der Waals surface area contributed by atoms with Crippen LogP contribution in [0.1, 0.15) is 47.3 Å². The molecule has 0 aliphatic heterocycles. The predicted molar refractivity (Wildman–Crippen MR) is 74.7 cm³/mol. The summed E-state index contributed by atoms with van der Waals surface area (Å²) in [7, 11) is 1.71. The van der Waals surface area contributed by atoms with Crippen LogP contribution in [-0.2, 0) is 13.6 Å². The van der Waals surface area contributed by atoms with Crippen LogP contribution < -0.4 is 5.32 Å². The summed E-state index contributed by atoms with van der Waals surface area (Å²) in [6, 6.07) is 1.77. The van der Waals surface area contributed by atoms with Crippen molar-refractivity contribution in [1.29, 1.82) is 0 Å². The van der Waals surface area contributed by atoms with Crippen molar-refractivity contribution in [3.63, 3.8) is 0 Å². The zero-order valence-corrected chi connectivity index (χ0v) is 12.7. The average molecular weight is 297 g/mol. The molecule has 0 spiro atoms. The molecule has 0 aliphatic rings. The molecule has 0 radical (unpaired) electrons. The minimum absolute atomic E-state index is 0.113. The van der Waals surface area contributed by atoms with E-state index in [1.165, 1.54) is 4.68 Å². The standard InChI is InChI=1S/C13H17ClN4O2/c1-7(2)11-10(12(14)18(4)16-11)13(19)15-6-9-5-8(3)17-20-9/h5,7H,6H2,1-4H3,(H,15,19). The van der Waals surface area contributed by atoms with Gasteiger partial charge < -0.3 is 9.84 Å². The molecule has 0 fully saturated rings. The molecule has 0 saturated heterocycles. The molecule has 2 heterocycles. The van der Waals surface area contributed by atoms with Crippen molar-refractivity contribution in [1.82, 2.24) is 20.3 Å². The molecule has 0 unspecified atom stereocenters. The van der Waals surface area contributed by atoms with Gasteiger partial charge in [-0.25, -0.2) is 0 Å². The third kappa shape index (κ3) is 2.85. The summed E-state index contributed by atoms with van der Waals surface area (Å²) in [5.74, 6) is 0.449. The molecule has 2 rings (SSSR count). The maximum Gasteiger partial charge on any atom is 0.256 e. The lowest BCUT2D eigenvalue weighted by Crippen LogP contribution is -2.24. The smallest absolute Gasteiger partial charge is 0.256 e. The van der Waals surface area contributed by atoms with E-state index in [2.05, 4.69) is 15.6 Å². The topological polar surface area (TPSA) is 73.0 Å². The van der Waals surface area contributed by atoms with Crippen LogP contribution in [0.25, 0.3) is 0 Å². The molecule has 1 N–H and O–H groups in total. The van der Waals surface area contributed by atoms with Crippen LogP contribution in [0.5, 0.6) is 0 Å². The number of halogens is 1. The number of nitrogens with zero attached hydrogens (tertiary/aromatic N) is 3. The van der Waals surface area contributed by atoms with Gasteiger partial charge in [0.25, 0.3) is 5.91 Å². The van der Waals surface area contributed by atoms with E-state index < -0.39 is 0 Å². The highest BCUT2D eigenvalue weighted by Crippen LogP contribution is 2.25. The van der Waals surface area contributed by atoms with E-state index >= 15 is 0 Å². The van der Waals surface area contributed by atoms with Crippen LogP contribution in [0, 0.1) is 6.92 Å². The molecule has 20 heavy (non-hydrogen) atoms. The molecular weight excluding hydrogens is 280 g/mol. The third-order valence-corrected chi connectivity index (χ3v) is 3.31. The Hall–Kier alpha value is -1.82. The van der Waals surface area contributed by atoms with Gasteiger partial charge in [0.2, 0.25) is 0 Å². The van der Waals surface area contributed by atoms with E-state index in [4.69, 9.17) is 16.1 Å². The minimum atomic E-state index is -0.263. The Morgan fingerprint density at radius 2 is 2.25 bits per heavy atom. The zero-order valence-electron chi connectivity index (χ0n) is 11.9. The molecule has 108 valence electrons. The fourth-order valence-electron chi connectivity index (χ4n) is 1.89. The number of nitrogens with one attached hydrogen (secondary N) is 1. The molecular formula is C13H17ClN4O2. The highest BCUT2D eigenvalue weighted by Gasteiger charge is 2.23. The molecule has 2 aromatic heterocycles. The van der Waals surface area contributed by atoms with Crippen molar-refractivity contribution >= 4 is 17.5 Å². The molecule has 0 bridgehead atoms. The Balaban J connectivity index is 2.16. The average Bonchev–Trinajstić information content (AvgIpc) is 2.92. The lowest BCUT2D eigenvalue weighted by molar-refractivity contribution is 0.0946. The van der Waals surface area contributed by atoms with Crippen molar-refractivity contribution in [2.45, 2.75) is 33.2 Å². The van der Waals surface area contributed by atoms with Gasteiger partial charge in [-0.3, -0.25) is 9.48 Å². The van der Waals surface area contributed by atoms with Crippen molar-refractivity contribution in [2.75, 3.05) is 0 Å². The van der Waals surface area contributed by atoms with Gasteiger partial charge in [-0.05, 0) is 12.8 Å². The van der Waals surface area contributed by atoms with E-state index in [1.54, 1.807) is 13.1 Å². The first-order valence-electron chi connectivity index (χ1n) is 6.33. The highest BCUT2D eigenvalue weighted by molar-refractivity contribution is 6.33. The Morgan fingerprint density at radius 3 is 2.80 bits per heavy atom. The van der Waals surface area contributed by atoms with Crippen molar-refractivity contribution < 1.29 is 9.32 Å². The molecule has 0 aliphatic carbocycles. The Morgan fingerprint density at radius 1 is 1.55 bits per heavy atom. The summed E-state index contributed by atoms with van der Waals surface area (Å²) >= 11 is 6.14. The second-order valence-corrected chi connectivity index (χ2v) is 5.30. The number of aryl methyl sites for hydroxylation is 2. The number of carbonyl (C=O) groups excluding carboxylic acids is 1. The number of amides is 1. The molecule has 2 aromatic rings. The Bertz CT molecular complexity index is 630. The lowest BCUT2D eigenvalue weighted by Gasteiger charge is -2.06. The van der Waals surface area contributed by atoms with E-state index in [0.29, 0.717) is 22.2 Å². The van der Waals surface area contributed by atoms with Gasteiger partial charge in [0.05, 0.1) is 23.5 Å². The molecule has 1 amide bonds. The largest absolute Gasteiger partial charge is 0.359 e. The van der Waals surface area contributed by atoms with Crippen LogP contribution in [0.2, 0.25) is 5.15 Å². The van der Waals surface area contributed by atoms with Crippen LogP contribution in [0.3, 0.4) is 0 Å². The lowest BCUT2D eigenvalue weighted by atomic mass is 10.1. The third-order valence-electron chi connectivity index (χ3n) is 2.88. The molecule has 7 heteroatoms. The Kier molecular flexibility index (Phi) is 4.13. The summed E-state index contributed by atoms with van der Waals surface area (Å²) in [5, 5.41) is 11.1. The van der Waals surface area contributed by atoms with Gasteiger partial charge in [-0.1, -0.05) is 30.6 Å². The molecule has 0 atom stereocenters. The second-order valence-electron chi connectivity index (χ2n) is 4.95. The molecule has 0 aromatic carbocycles. The summed E-state index contributed by atoms with van der Waals surface area (Å²) in [6.07, 6.45) is 0. The van der Waals surface area contributed by atoms with Crippen molar-refractivity contribution in [2.24, 2.45) is 7.05 Å². The van der Waals surface area contributed by atoms with Crippen LogP contribution >= 0.6 is 11.6 Å². The monoisotopic (exact) mass is 296 g/mol. The van der Waals surface area contributed by atoms with E-state index in [-0.39, 0.29) is 18.4 Å². The fourth-order valence-corrected chi connectivity index (χ4v) is 2.11. The van der Waals surface area contributed by atoms with Crippen molar-refractivity contribution in [3.05, 3.63) is 33.9 Å². The van der Waals surface area contributed by atoms with E-state index in [1.807, 2.05) is 20.8 Å². The first-order valence-corrected chi connectivity index (χ1v) is 6.70. The van der Waals surface area contributed by atoms with E-state index in [9.17, 15) is 4.79 Å². The quantitative estimate of drug-likeness (QED) is 0.940. The summed E-state index contributed by atoms with van der Waals surface area (Å²) in [6.45, 7) is 6.02. The maximum absolute atomic E-state index is 12.3. The minimum Gasteiger partial charge on any atom is -0.359 e. The fraction of sp³-hybridized carbons (Fsp3) is 0.462. The second kappa shape index (κ2) is 5.66. The van der Waals surface area contributed by atoms with Crippen LogP contribution in [0.4, 0.5) is 0 Å². The number of carbonyl (C=O) groups is 1. The van der Waals surface area contributed by atoms with Gasteiger partial charge in [0.1, 0.15) is 5.15 Å². The highest BCUT2D eigenvalue weighted by atomic mass is 35.5. The van der Waals surface area contributed by atoms with Gasteiger partial charge in [-0.2, -0.15) is 5.10 Å². The van der Waals surface area contributed by atoms with E-state index in [0.717, 1.165) is 5.69 Å². The van der Waals surface area contributed by atoms with Gasteiger partial charge in [0.15, 0.2) is 5.76 Å². The molecule has 0 saturated carbocycles. The van der Waals surface area contributed by atoms with Crippen molar-refractivity contribution in [3.8, 4) is 0 Å². The normalized spacial score (nSPS) is 11.1. The van der Waals surface area contributed by atoms with Gasteiger partial charge in [-0.15, -0.1) is 0 Å². The summed E-state index contributed by atoms with van der Waals surface area (Å²) in [4.78, 5) is 12.3. The van der Waals surface area contributed by atoms with Crippen LogP contribution in [-0.4, -0.2) is 20.8 Å². The van der Waals surface area contributed by atoms with Gasteiger partial charge >= 0.3 is 0 Å². The SMILES string of the molecule is Cc1cc(CNC(=O)c2c(C(C)C)nn(C)c2Cl)on1. The summed E-state index contributed by atoms with van der Waals surface area (Å²) in [5.41, 5.74) is 1.88. The van der Waals surface area contributed by atoms with Crippen LogP contribution in [0.15, 0.2) is 10.6 Å². The number of aromatic nitrogens is 3. The number of rotatable bonds is 4. The first kappa shape index (κ1) is 14.6. The molecule has 6 nitrogen and oxygen atoms in total. The Labute approximate surface area is 122 Å². The first-order chi connectivity index (χ1) is 9.40. The number of hydrogen-bond acceptors (Lipinski definition) is 4. The number of hydrogen-bond donors (Lipinski definition) is 1.